The molecule has 4 aromatic rings. The lowest BCUT2D eigenvalue weighted by molar-refractivity contribution is -0.141. The van der Waals surface area contributed by atoms with Crippen molar-refractivity contribution in [3.8, 4) is 5.75 Å². The maximum absolute atomic E-state index is 13.6. The van der Waals surface area contributed by atoms with Crippen LogP contribution in [0.4, 0.5) is 18.9 Å². The summed E-state index contributed by atoms with van der Waals surface area (Å²) in [5, 5.41) is 10.4. The van der Waals surface area contributed by atoms with E-state index in [0.717, 1.165) is 74.0 Å². The van der Waals surface area contributed by atoms with Crippen LogP contribution in [0.1, 0.15) is 105 Å². The minimum Gasteiger partial charge on any atom is -0.494 e. The molecule has 4 fully saturated rings. The molecular formula is C42H41F3N8O7. The lowest BCUT2D eigenvalue weighted by Crippen LogP contribution is -2.54. The van der Waals surface area contributed by atoms with E-state index in [1.54, 1.807) is 23.1 Å². The van der Waals surface area contributed by atoms with E-state index in [1.165, 1.54) is 25.3 Å². The van der Waals surface area contributed by atoms with Gasteiger partial charge >= 0.3 is 6.18 Å². The van der Waals surface area contributed by atoms with Crippen LogP contribution in [0, 0.1) is 5.41 Å². The van der Waals surface area contributed by atoms with Gasteiger partial charge in [-0.05, 0) is 99.8 Å². The zero-order chi connectivity index (χ0) is 42.1. The van der Waals surface area contributed by atoms with Crippen molar-refractivity contribution in [2.24, 2.45) is 5.41 Å². The molecule has 5 aliphatic rings. The Hall–Kier alpha value is -6.17. The number of nitrogens with one attached hydrogen (secondary N) is 2. The van der Waals surface area contributed by atoms with Crippen molar-refractivity contribution in [3.05, 3.63) is 82.8 Å². The molecule has 0 bridgehead atoms. The highest BCUT2D eigenvalue weighted by atomic mass is 19.4. The van der Waals surface area contributed by atoms with Gasteiger partial charge in [-0.15, -0.1) is 0 Å². The number of carbonyl (C=O) groups excluding carboxylic acids is 6. The third-order valence-electron chi connectivity index (χ3n) is 12.9. The van der Waals surface area contributed by atoms with Gasteiger partial charge in [0.1, 0.15) is 23.2 Å². The van der Waals surface area contributed by atoms with Crippen LogP contribution in [0.5, 0.6) is 5.75 Å². The molecule has 312 valence electrons. The summed E-state index contributed by atoms with van der Waals surface area (Å²) in [6.07, 6.45) is 3.00. The number of carbonyl (C=O) groups is 6. The third-order valence-corrected chi connectivity index (χ3v) is 12.9. The first-order chi connectivity index (χ1) is 28.7. The summed E-state index contributed by atoms with van der Waals surface area (Å²) in [7, 11) is 1.44. The van der Waals surface area contributed by atoms with Gasteiger partial charge < -0.3 is 19.9 Å². The second kappa shape index (κ2) is 14.8. The molecule has 1 saturated carbocycles. The molecule has 15 nitrogen and oxygen atoms in total. The van der Waals surface area contributed by atoms with Gasteiger partial charge in [-0.25, -0.2) is 4.98 Å². The van der Waals surface area contributed by atoms with Gasteiger partial charge in [-0.2, -0.15) is 18.3 Å². The van der Waals surface area contributed by atoms with E-state index in [1.807, 2.05) is 10.9 Å². The highest BCUT2D eigenvalue weighted by Gasteiger charge is 2.48. The van der Waals surface area contributed by atoms with Crippen LogP contribution in [0.2, 0.25) is 0 Å². The van der Waals surface area contributed by atoms with Crippen LogP contribution in [-0.4, -0.2) is 110 Å². The SMILES string of the molecule is COc1cc2nn(C3CC4(CCN(C5CCN(C(=O)c6ccc7c(c6)C(=O)N(C6CCC(=O)NC6=O)C7=O)CC5)CC4)C3)cc2cc1NC(=O)c1cccc(C(F)(F)F)n1. The number of rotatable bonds is 7. The number of likely N-dealkylation sites (tertiary alicyclic amines) is 2. The third kappa shape index (κ3) is 7.05. The Balaban J connectivity index is 0.770. The summed E-state index contributed by atoms with van der Waals surface area (Å²) in [6, 6.07) is 10.5. The summed E-state index contributed by atoms with van der Waals surface area (Å²) < 4.78 is 47.0. The zero-order valence-corrected chi connectivity index (χ0v) is 32.6. The first-order valence-electron chi connectivity index (χ1n) is 20.0. The van der Waals surface area contributed by atoms with Crippen LogP contribution in [0.25, 0.3) is 10.9 Å². The molecular weight excluding hydrogens is 786 g/mol. The van der Waals surface area contributed by atoms with Gasteiger partial charge in [0.2, 0.25) is 11.8 Å². The number of nitrogens with zero attached hydrogens (tertiary/aromatic N) is 6. The normalized spacial score (nSPS) is 21.3. The average Bonchev–Trinajstić information content (AvgIpc) is 3.75. The number of methoxy groups -OCH3 is 1. The highest BCUT2D eigenvalue weighted by molar-refractivity contribution is 6.24. The maximum atomic E-state index is 13.6. The van der Waals surface area contributed by atoms with Gasteiger partial charge in [0, 0.05) is 48.8 Å². The number of benzene rings is 2. The minimum absolute atomic E-state index is 0.0253. The number of alkyl halides is 3. The molecule has 2 aromatic heterocycles. The number of amides is 6. The van der Waals surface area contributed by atoms with E-state index in [9.17, 15) is 41.9 Å². The largest absolute Gasteiger partial charge is 0.494 e. The van der Waals surface area contributed by atoms with Crippen LogP contribution >= 0.6 is 0 Å². The number of hydrogen-bond acceptors (Lipinski definition) is 10. The molecule has 2 aromatic carbocycles. The second-order valence-corrected chi connectivity index (χ2v) is 16.4. The second-order valence-electron chi connectivity index (χ2n) is 16.4. The van der Waals surface area contributed by atoms with Gasteiger partial charge in [-0.3, -0.25) is 43.7 Å². The highest BCUT2D eigenvalue weighted by Crippen LogP contribution is 2.55. The quantitative estimate of drug-likeness (QED) is 0.246. The molecule has 60 heavy (non-hydrogen) atoms. The number of halogens is 3. The molecule has 1 spiro atoms. The van der Waals surface area contributed by atoms with Gasteiger partial charge in [0.15, 0.2) is 0 Å². The lowest BCUT2D eigenvalue weighted by atomic mass is 9.60. The minimum atomic E-state index is -4.68. The number of pyridine rings is 1. The van der Waals surface area contributed by atoms with Crippen molar-refractivity contribution in [2.75, 3.05) is 38.6 Å². The Labute approximate surface area is 341 Å². The van der Waals surface area contributed by atoms with Gasteiger partial charge in [0.25, 0.3) is 23.6 Å². The van der Waals surface area contributed by atoms with Crippen molar-refractivity contribution in [2.45, 2.75) is 75.7 Å². The fourth-order valence-corrected chi connectivity index (χ4v) is 9.55. The summed E-state index contributed by atoms with van der Waals surface area (Å²) in [5.41, 5.74) is 0.166. The number of piperidine rings is 3. The first-order valence-corrected chi connectivity index (χ1v) is 20.0. The molecule has 18 heteroatoms. The van der Waals surface area contributed by atoms with E-state index in [-0.39, 0.29) is 47.0 Å². The fraction of sp³-hybridized carbons (Fsp3) is 0.429. The zero-order valence-electron chi connectivity index (χ0n) is 32.6. The number of aromatic nitrogens is 3. The standard InChI is InChI=1S/C42H41F3N8O7/c1-60-33-19-30-24(18-31(33)47-36(55)29-3-2-4-34(46-29)42(43,44)45)22-52(49-30)26-20-41(21-26)11-15-50(16-12-41)25-9-13-51(14-10-25)38(57)23-5-6-27-28(17-23)40(59)53(39(27)58)32-7-8-35(54)48-37(32)56/h2-6,17-19,22,25-26,32H,7-16,20-21H2,1H3,(H,47,55)(H,48,54,56). The Kier molecular flexibility index (Phi) is 9.71. The van der Waals surface area contributed by atoms with Crippen molar-refractivity contribution in [1.29, 1.82) is 0 Å². The Morgan fingerprint density at radius 1 is 0.900 bits per heavy atom. The Morgan fingerprint density at radius 2 is 1.63 bits per heavy atom. The molecule has 9 rings (SSSR count). The Morgan fingerprint density at radius 3 is 2.33 bits per heavy atom. The van der Waals surface area contributed by atoms with E-state index in [4.69, 9.17) is 9.84 Å². The van der Waals surface area contributed by atoms with Crippen LogP contribution < -0.4 is 15.4 Å². The molecule has 6 heterocycles. The van der Waals surface area contributed by atoms with E-state index < -0.39 is 47.4 Å². The summed E-state index contributed by atoms with van der Waals surface area (Å²) in [6.45, 7) is 3.03. The lowest BCUT2D eigenvalue weighted by Gasteiger charge is -2.53. The number of hydrogen-bond donors (Lipinski definition) is 2. The fourth-order valence-electron chi connectivity index (χ4n) is 9.55. The Bertz CT molecular complexity index is 2460. The van der Waals surface area contributed by atoms with Gasteiger partial charge in [-0.1, -0.05) is 6.07 Å². The van der Waals surface area contributed by atoms with Gasteiger partial charge in [0.05, 0.1) is 35.5 Å². The number of anilines is 1. The summed E-state index contributed by atoms with van der Waals surface area (Å²) in [4.78, 5) is 85.6. The molecule has 4 aliphatic heterocycles. The van der Waals surface area contributed by atoms with Crippen LogP contribution in [-0.2, 0) is 15.8 Å². The van der Waals surface area contributed by atoms with Crippen molar-refractivity contribution < 1.29 is 46.7 Å². The van der Waals surface area contributed by atoms with E-state index in [0.29, 0.717) is 41.6 Å². The van der Waals surface area contributed by atoms with Crippen molar-refractivity contribution in [1.82, 2.24) is 34.8 Å². The van der Waals surface area contributed by atoms with E-state index in [2.05, 4.69) is 20.5 Å². The predicted octanol–water partition coefficient (Wildman–Crippen LogP) is 4.83. The molecule has 3 saturated heterocycles. The smallest absolute Gasteiger partial charge is 0.433 e. The summed E-state index contributed by atoms with van der Waals surface area (Å²) in [5.74, 6) is -3.08. The molecule has 1 aliphatic carbocycles. The predicted molar refractivity (Wildman–Crippen MR) is 207 cm³/mol. The molecule has 1 unspecified atom stereocenters. The molecule has 2 N–H and O–H groups in total. The van der Waals surface area contributed by atoms with Crippen LogP contribution in [0.15, 0.2) is 54.7 Å². The number of ether oxygens (including phenoxy) is 1. The first kappa shape index (κ1) is 39.3. The molecule has 6 amide bonds. The molecule has 0 radical (unpaired) electrons. The number of imide groups is 2. The van der Waals surface area contributed by atoms with Crippen molar-refractivity contribution >= 4 is 52.0 Å². The average molecular weight is 827 g/mol. The molecule has 1 atom stereocenters. The topological polar surface area (TPSA) is 176 Å². The van der Waals surface area contributed by atoms with Crippen molar-refractivity contribution in [3.63, 3.8) is 0 Å². The number of fused-ring (bicyclic) bond motifs is 2. The maximum Gasteiger partial charge on any atom is 0.433 e. The summed E-state index contributed by atoms with van der Waals surface area (Å²) >= 11 is 0. The van der Waals surface area contributed by atoms with E-state index >= 15 is 0 Å². The van der Waals surface area contributed by atoms with Crippen LogP contribution in [0.3, 0.4) is 0 Å². The monoisotopic (exact) mass is 826 g/mol.